The van der Waals surface area contributed by atoms with Crippen LogP contribution in [-0.2, 0) is 14.8 Å². The molecule has 0 aliphatic heterocycles. The Morgan fingerprint density at radius 3 is 2.46 bits per heavy atom. The number of nitrogens with one attached hydrogen (secondary N) is 2. The standard InChI is InChI=1S/C16H16Cl2N2O3S/c1-10-5-3-4-6-14(10)19-16(21)11(2)20-24(22,23)15-9-12(17)7-8-13(15)18/h3-9,11,20H,1-2H3,(H,19,21)/t11-/m0/s1. The van der Waals surface area contributed by atoms with E-state index in [-0.39, 0.29) is 14.9 Å². The van der Waals surface area contributed by atoms with Crippen molar-refractivity contribution in [2.45, 2.75) is 24.8 Å². The maximum atomic E-state index is 12.4. The second kappa shape index (κ2) is 7.53. The minimum Gasteiger partial charge on any atom is -0.324 e. The minimum atomic E-state index is -3.99. The van der Waals surface area contributed by atoms with Crippen LogP contribution in [0.5, 0.6) is 0 Å². The SMILES string of the molecule is Cc1ccccc1NC(=O)[C@H](C)NS(=O)(=O)c1cc(Cl)ccc1Cl. The Kier molecular flexibility index (Phi) is 5.87. The summed E-state index contributed by atoms with van der Waals surface area (Å²) >= 11 is 11.7. The van der Waals surface area contributed by atoms with Gasteiger partial charge in [0.05, 0.1) is 11.1 Å². The summed E-state index contributed by atoms with van der Waals surface area (Å²) in [4.78, 5) is 12.1. The topological polar surface area (TPSA) is 75.3 Å². The van der Waals surface area contributed by atoms with Gasteiger partial charge in [-0.3, -0.25) is 4.79 Å². The number of hydrogen-bond donors (Lipinski definition) is 2. The third-order valence-corrected chi connectivity index (χ3v) is 5.57. The summed E-state index contributed by atoms with van der Waals surface area (Å²) in [6, 6.07) is 10.3. The molecule has 0 bridgehead atoms. The number of aryl methyl sites for hydroxylation is 1. The first-order valence-electron chi connectivity index (χ1n) is 7.04. The smallest absolute Gasteiger partial charge is 0.242 e. The summed E-state index contributed by atoms with van der Waals surface area (Å²) in [7, 11) is -3.99. The van der Waals surface area contributed by atoms with Crippen molar-refractivity contribution >= 4 is 44.8 Å². The Hall–Kier alpha value is -1.60. The molecule has 0 aliphatic carbocycles. The van der Waals surface area contributed by atoms with Crippen molar-refractivity contribution < 1.29 is 13.2 Å². The van der Waals surface area contributed by atoms with Crippen LogP contribution < -0.4 is 10.0 Å². The van der Waals surface area contributed by atoms with Gasteiger partial charge in [-0.25, -0.2) is 8.42 Å². The van der Waals surface area contributed by atoms with Crippen molar-refractivity contribution in [3.8, 4) is 0 Å². The molecule has 2 N–H and O–H groups in total. The molecule has 2 rings (SSSR count). The lowest BCUT2D eigenvalue weighted by Gasteiger charge is -2.16. The number of halogens is 2. The molecule has 2 aromatic carbocycles. The number of anilines is 1. The normalized spacial score (nSPS) is 12.7. The van der Waals surface area contributed by atoms with Crippen molar-refractivity contribution in [2.75, 3.05) is 5.32 Å². The summed E-state index contributed by atoms with van der Waals surface area (Å²) in [5, 5.41) is 2.94. The molecule has 0 heterocycles. The van der Waals surface area contributed by atoms with Gasteiger partial charge in [-0.1, -0.05) is 41.4 Å². The number of rotatable bonds is 5. The van der Waals surface area contributed by atoms with Crippen molar-refractivity contribution in [1.82, 2.24) is 4.72 Å². The Morgan fingerprint density at radius 2 is 1.79 bits per heavy atom. The van der Waals surface area contributed by atoms with E-state index in [0.717, 1.165) is 5.56 Å². The van der Waals surface area contributed by atoms with Crippen LogP contribution in [0, 0.1) is 6.92 Å². The lowest BCUT2D eigenvalue weighted by atomic mass is 10.2. The number of carbonyl (C=O) groups excluding carboxylic acids is 1. The van der Waals surface area contributed by atoms with Gasteiger partial charge in [0.25, 0.3) is 0 Å². The van der Waals surface area contributed by atoms with Crippen LogP contribution in [0.25, 0.3) is 0 Å². The fraction of sp³-hybridized carbons (Fsp3) is 0.188. The summed E-state index contributed by atoms with van der Waals surface area (Å²) in [5.74, 6) is -0.481. The maximum absolute atomic E-state index is 12.4. The Bertz CT molecular complexity index is 869. The highest BCUT2D eigenvalue weighted by atomic mass is 35.5. The molecule has 1 amide bonds. The second-order valence-electron chi connectivity index (χ2n) is 5.22. The third-order valence-electron chi connectivity index (χ3n) is 3.31. The highest BCUT2D eigenvalue weighted by molar-refractivity contribution is 7.89. The number of carbonyl (C=O) groups is 1. The molecule has 0 unspecified atom stereocenters. The van der Waals surface area contributed by atoms with E-state index in [2.05, 4.69) is 10.0 Å². The molecule has 2 aromatic rings. The molecule has 5 nitrogen and oxygen atoms in total. The van der Waals surface area contributed by atoms with Gasteiger partial charge in [-0.05, 0) is 43.7 Å². The molecule has 0 aromatic heterocycles. The largest absolute Gasteiger partial charge is 0.324 e. The number of sulfonamides is 1. The van der Waals surface area contributed by atoms with Crippen molar-refractivity contribution in [1.29, 1.82) is 0 Å². The van der Waals surface area contributed by atoms with E-state index in [4.69, 9.17) is 23.2 Å². The van der Waals surface area contributed by atoms with Gasteiger partial charge in [-0.15, -0.1) is 0 Å². The molecule has 24 heavy (non-hydrogen) atoms. The van der Waals surface area contributed by atoms with Gasteiger partial charge in [0.15, 0.2) is 0 Å². The zero-order valence-corrected chi connectivity index (χ0v) is 15.3. The molecular formula is C16H16Cl2N2O3S. The molecule has 0 spiro atoms. The fourth-order valence-corrected chi connectivity index (χ4v) is 3.95. The van der Waals surface area contributed by atoms with Crippen LogP contribution >= 0.6 is 23.2 Å². The molecule has 0 saturated heterocycles. The molecule has 0 radical (unpaired) electrons. The highest BCUT2D eigenvalue weighted by Crippen LogP contribution is 2.25. The van der Waals surface area contributed by atoms with Crippen molar-refractivity contribution in [3.63, 3.8) is 0 Å². The predicted octanol–water partition coefficient (Wildman–Crippen LogP) is 3.61. The van der Waals surface area contributed by atoms with Gasteiger partial charge >= 0.3 is 0 Å². The van der Waals surface area contributed by atoms with E-state index < -0.39 is 22.0 Å². The minimum absolute atomic E-state index is 0.0263. The summed E-state index contributed by atoms with van der Waals surface area (Å²) in [6.45, 7) is 3.29. The zero-order valence-electron chi connectivity index (χ0n) is 13.0. The van der Waals surface area contributed by atoms with Crippen LogP contribution in [-0.4, -0.2) is 20.4 Å². The van der Waals surface area contributed by atoms with Gasteiger partial charge in [-0.2, -0.15) is 4.72 Å². The highest BCUT2D eigenvalue weighted by Gasteiger charge is 2.24. The first-order valence-corrected chi connectivity index (χ1v) is 9.28. The molecule has 1 atom stereocenters. The lowest BCUT2D eigenvalue weighted by Crippen LogP contribution is -2.41. The van der Waals surface area contributed by atoms with Gasteiger partial charge < -0.3 is 5.32 Å². The van der Waals surface area contributed by atoms with Crippen LogP contribution in [0.4, 0.5) is 5.69 Å². The number of para-hydroxylation sites is 1. The summed E-state index contributed by atoms with van der Waals surface area (Å²) in [5.41, 5.74) is 1.49. The molecule has 128 valence electrons. The van der Waals surface area contributed by atoms with Crippen LogP contribution in [0.3, 0.4) is 0 Å². The summed E-state index contributed by atoms with van der Waals surface area (Å²) in [6.07, 6.45) is 0. The van der Waals surface area contributed by atoms with Gasteiger partial charge in [0.1, 0.15) is 4.90 Å². The molecule has 8 heteroatoms. The van der Waals surface area contributed by atoms with E-state index >= 15 is 0 Å². The van der Waals surface area contributed by atoms with E-state index in [9.17, 15) is 13.2 Å². The first kappa shape index (κ1) is 18.7. The molecule has 0 fully saturated rings. The number of benzene rings is 2. The Balaban J connectivity index is 2.16. The second-order valence-corrected chi connectivity index (χ2v) is 7.75. The lowest BCUT2D eigenvalue weighted by molar-refractivity contribution is -0.117. The van der Waals surface area contributed by atoms with E-state index in [1.165, 1.54) is 25.1 Å². The quantitative estimate of drug-likeness (QED) is 0.823. The maximum Gasteiger partial charge on any atom is 0.242 e. The van der Waals surface area contributed by atoms with Gasteiger partial charge in [0.2, 0.25) is 15.9 Å². The van der Waals surface area contributed by atoms with Crippen molar-refractivity contribution in [3.05, 3.63) is 58.1 Å². The van der Waals surface area contributed by atoms with E-state index in [1.807, 2.05) is 19.1 Å². The molecule has 0 saturated carbocycles. The number of hydrogen-bond acceptors (Lipinski definition) is 3. The van der Waals surface area contributed by atoms with Crippen LogP contribution in [0.1, 0.15) is 12.5 Å². The zero-order chi connectivity index (χ0) is 17.9. The van der Waals surface area contributed by atoms with E-state index in [1.54, 1.807) is 12.1 Å². The first-order chi connectivity index (χ1) is 11.2. The van der Waals surface area contributed by atoms with Crippen LogP contribution in [0.15, 0.2) is 47.4 Å². The predicted molar refractivity (Wildman–Crippen MR) is 96.1 cm³/mol. The summed E-state index contributed by atoms with van der Waals surface area (Å²) < 4.78 is 27.1. The third kappa shape index (κ3) is 4.48. The number of amides is 1. The molecular weight excluding hydrogens is 371 g/mol. The Morgan fingerprint density at radius 1 is 1.12 bits per heavy atom. The van der Waals surface area contributed by atoms with Crippen LogP contribution in [0.2, 0.25) is 10.0 Å². The fourth-order valence-electron chi connectivity index (χ4n) is 1.99. The molecule has 0 aliphatic rings. The average Bonchev–Trinajstić information content (AvgIpc) is 2.51. The monoisotopic (exact) mass is 386 g/mol. The average molecular weight is 387 g/mol. The van der Waals surface area contributed by atoms with E-state index in [0.29, 0.717) is 5.69 Å². The van der Waals surface area contributed by atoms with Gasteiger partial charge in [0, 0.05) is 10.7 Å². The Labute approximate surface area is 151 Å². The van der Waals surface area contributed by atoms with Crippen molar-refractivity contribution in [2.24, 2.45) is 0 Å².